The molecule has 0 amide bonds. The first-order chi connectivity index (χ1) is 1.00. The average molecular weight is 151 g/mol. The van der Waals surface area contributed by atoms with Crippen molar-refractivity contribution in [1.29, 1.82) is 0 Å². The van der Waals surface area contributed by atoms with E-state index < -0.39 is 0 Å². The molecule has 0 saturated heterocycles. The molecule has 0 unspecified atom stereocenters. The largest absolute Gasteiger partial charge is 0.106 e. The summed E-state index contributed by atoms with van der Waals surface area (Å²) >= 11 is 0. The van der Waals surface area contributed by atoms with E-state index in [0.29, 0.717) is 0 Å². The molecule has 0 aromatic carbocycles. The van der Waals surface area contributed by atoms with Gasteiger partial charge in [-0.2, -0.15) is 0 Å². The van der Waals surface area contributed by atoms with E-state index in [-0.39, 0.29) is 27.8 Å². The minimum Gasteiger partial charge on any atom is -0.106 e. The fourth-order valence-electron chi connectivity index (χ4n) is 0. The molecular formula is C3H8Pd. The summed E-state index contributed by atoms with van der Waals surface area (Å²) in [5.41, 5.74) is 0. The van der Waals surface area contributed by atoms with E-state index in [2.05, 4.69) is 13.2 Å². The third-order valence-electron chi connectivity index (χ3n) is 0. The van der Waals surface area contributed by atoms with Crippen LogP contribution in [0, 0.1) is 0 Å². The zero-order valence-corrected chi connectivity index (χ0v) is 3.29. The van der Waals surface area contributed by atoms with E-state index in [9.17, 15) is 0 Å². The summed E-state index contributed by atoms with van der Waals surface area (Å²) in [4.78, 5) is 0. The van der Waals surface area contributed by atoms with Crippen LogP contribution in [0.2, 0.25) is 0 Å². The van der Waals surface area contributed by atoms with Gasteiger partial charge in [0.2, 0.25) is 0 Å². The molecule has 0 aromatic rings. The Bertz CT molecular complexity index is 3.25. The summed E-state index contributed by atoms with van der Waals surface area (Å²) in [6, 6.07) is 0. The maximum atomic E-state index is 3.00. The second kappa shape index (κ2) is 121. The van der Waals surface area contributed by atoms with E-state index in [1.165, 1.54) is 0 Å². The summed E-state index contributed by atoms with van der Waals surface area (Å²) in [6.07, 6.45) is 0. The topological polar surface area (TPSA) is 0 Å². The molecule has 0 N–H and O–H groups in total. The zero-order valence-electron chi connectivity index (χ0n) is 1.73. The van der Waals surface area contributed by atoms with E-state index in [0.717, 1.165) is 0 Å². The van der Waals surface area contributed by atoms with Gasteiger partial charge in [0.25, 0.3) is 0 Å². The summed E-state index contributed by atoms with van der Waals surface area (Å²) in [6.45, 7) is 6.00. The van der Waals surface area contributed by atoms with Crippen LogP contribution in [0.1, 0.15) is 7.43 Å². The predicted octanol–water partition coefficient (Wildman–Crippen LogP) is 1.44. The first-order valence-corrected chi connectivity index (χ1v) is 0.500. The van der Waals surface area contributed by atoms with Gasteiger partial charge in [-0.1, -0.05) is 7.43 Å². The van der Waals surface area contributed by atoms with Crippen LogP contribution in [0.15, 0.2) is 13.2 Å². The molecule has 0 heterocycles. The molecule has 0 bridgehead atoms. The fraction of sp³-hybridized carbons (Fsp3) is 0.333. The molecular weight excluding hydrogens is 142 g/mol. The summed E-state index contributed by atoms with van der Waals surface area (Å²) in [5, 5.41) is 0. The quantitative estimate of drug-likeness (QED) is 0.362. The van der Waals surface area contributed by atoms with Crippen LogP contribution in [0.3, 0.4) is 0 Å². The van der Waals surface area contributed by atoms with Crippen LogP contribution in [-0.4, -0.2) is 0 Å². The van der Waals surface area contributed by atoms with E-state index in [1.807, 2.05) is 0 Å². The maximum absolute atomic E-state index is 3.00. The van der Waals surface area contributed by atoms with Gasteiger partial charge in [-0.05, 0) is 0 Å². The van der Waals surface area contributed by atoms with E-state index in [1.54, 1.807) is 0 Å². The standard InChI is InChI=1S/C2H4.CH4.Pd/c1-2;;/h1-2H2;1H4;. The van der Waals surface area contributed by atoms with Gasteiger partial charge >= 0.3 is 0 Å². The van der Waals surface area contributed by atoms with Gasteiger partial charge in [-0.25, -0.2) is 0 Å². The number of rotatable bonds is 0. The number of hydrogen-bond donors (Lipinski definition) is 0. The molecule has 0 saturated carbocycles. The molecule has 0 nitrogen and oxygen atoms in total. The van der Waals surface area contributed by atoms with Crippen molar-refractivity contribution in [2.24, 2.45) is 0 Å². The van der Waals surface area contributed by atoms with Gasteiger partial charge in [0.1, 0.15) is 0 Å². The van der Waals surface area contributed by atoms with Gasteiger partial charge in [0.15, 0.2) is 0 Å². The van der Waals surface area contributed by atoms with Crippen molar-refractivity contribution >= 4 is 0 Å². The Balaban J connectivity index is -0.00000000500. The molecule has 1 heteroatoms. The summed E-state index contributed by atoms with van der Waals surface area (Å²) in [5.74, 6) is 0. The minimum absolute atomic E-state index is 0. The molecule has 0 fully saturated rings. The normalized spacial score (nSPS) is 1.00. The van der Waals surface area contributed by atoms with Crippen LogP contribution in [0.25, 0.3) is 0 Å². The fourth-order valence-corrected chi connectivity index (χ4v) is 0. The van der Waals surface area contributed by atoms with Gasteiger partial charge < -0.3 is 0 Å². The molecule has 0 aliphatic rings. The Morgan fingerprint density at radius 3 is 1.00 bits per heavy atom. The second-order valence-electron chi connectivity index (χ2n) is 0. The van der Waals surface area contributed by atoms with Crippen LogP contribution in [0.4, 0.5) is 0 Å². The molecule has 0 aromatic heterocycles. The van der Waals surface area contributed by atoms with Gasteiger partial charge in [0, 0.05) is 20.4 Å². The van der Waals surface area contributed by atoms with Crippen molar-refractivity contribution in [3.63, 3.8) is 0 Å². The van der Waals surface area contributed by atoms with Gasteiger partial charge in [-0.3, -0.25) is 0 Å². The first-order valence-electron chi connectivity index (χ1n) is 0.500. The Labute approximate surface area is 41.6 Å². The molecule has 0 atom stereocenters. The molecule has 30 valence electrons. The van der Waals surface area contributed by atoms with Crippen molar-refractivity contribution in [2.45, 2.75) is 7.43 Å². The predicted molar refractivity (Wildman–Crippen MR) is 18.0 cm³/mol. The monoisotopic (exact) mass is 150 g/mol. The van der Waals surface area contributed by atoms with Gasteiger partial charge in [-0.15, -0.1) is 13.2 Å². The molecule has 0 aliphatic heterocycles. The molecule has 0 spiro atoms. The third kappa shape index (κ3) is 29.2. The number of hydrogen-bond acceptors (Lipinski definition) is 0. The smallest absolute Gasteiger partial charge is 0 e. The van der Waals surface area contributed by atoms with Gasteiger partial charge in [0.05, 0.1) is 0 Å². The Morgan fingerprint density at radius 1 is 1.00 bits per heavy atom. The van der Waals surface area contributed by atoms with Crippen molar-refractivity contribution in [2.75, 3.05) is 0 Å². The van der Waals surface area contributed by atoms with Crippen molar-refractivity contribution in [3.8, 4) is 0 Å². The van der Waals surface area contributed by atoms with Crippen molar-refractivity contribution in [3.05, 3.63) is 13.2 Å². The SMILES string of the molecule is C.C=C.[Pd]. The summed E-state index contributed by atoms with van der Waals surface area (Å²) < 4.78 is 0. The Kier molecular flexibility index (Phi) is 786. The van der Waals surface area contributed by atoms with Crippen LogP contribution in [-0.2, 0) is 20.4 Å². The average Bonchev–Trinajstić information content (AvgIpc) is 1.00. The molecule has 0 aliphatic carbocycles. The third-order valence-corrected chi connectivity index (χ3v) is 0. The zero-order chi connectivity index (χ0) is 2.00. The van der Waals surface area contributed by atoms with Crippen molar-refractivity contribution < 1.29 is 20.4 Å². The molecule has 0 rings (SSSR count). The minimum atomic E-state index is 0. The molecule has 4 heavy (non-hydrogen) atoms. The van der Waals surface area contributed by atoms with Crippen LogP contribution >= 0.6 is 0 Å². The van der Waals surface area contributed by atoms with Crippen molar-refractivity contribution in [1.82, 2.24) is 0 Å². The first kappa shape index (κ1) is 25.9. The molecule has 0 radical (unpaired) electrons. The van der Waals surface area contributed by atoms with Crippen LogP contribution in [0.5, 0.6) is 0 Å². The second-order valence-corrected chi connectivity index (χ2v) is 0. The van der Waals surface area contributed by atoms with E-state index in [4.69, 9.17) is 0 Å². The summed E-state index contributed by atoms with van der Waals surface area (Å²) in [7, 11) is 0. The Morgan fingerprint density at radius 2 is 1.00 bits per heavy atom. The maximum Gasteiger partial charge on any atom is 0 e. The Hall–Kier alpha value is 0.402. The van der Waals surface area contributed by atoms with E-state index >= 15 is 0 Å². The van der Waals surface area contributed by atoms with Crippen LogP contribution < -0.4 is 0 Å².